The monoisotopic (exact) mass is 745 g/mol. The highest BCUT2D eigenvalue weighted by Gasteiger charge is 2.26. The Morgan fingerprint density at radius 1 is 0.588 bits per heavy atom. The molecule has 0 aromatic carbocycles. The smallest absolute Gasteiger partial charge is 0.457 e. The second kappa shape index (κ2) is 36.0. The molecule has 0 bridgehead atoms. The highest BCUT2D eigenvalue weighted by atomic mass is 31.2. The van der Waals surface area contributed by atoms with Gasteiger partial charge < -0.3 is 18.9 Å². The van der Waals surface area contributed by atoms with Crippen LogP contribution in [0.3, 0.4) is 0 Å². The van der Waals surface area contributed by atoms with Crippen molar-refractivity contribution in [3.05, 3.63) is 24.3 Å². The zero-order chi connectivity index (χ0) is 37.7. The first-order chi connectivity index (χ1) is 24.6. The summed E-state index contributed by atoms with van der Waals surface area (Å²) in [5.74, 6) is -0.325. The Bertz CT molecular complexity index is 874. The number of phosphoric acid groups is 1. The van der Waals surface area contributed by atoms with Gasteiger partial charge in [-0.05, 0) is 57.8 Å². The number of carbonyl (C=O) groups excluding carboxylic acids is 1. The van der Waals surface area contributed by atoms with E-state index in [0.29, 0.717) is 24.1 Å². The first-order valence-electron chi connectivity index (χ1n) is 21.1. The van der Waals surface area contributed by atoms with Gasteiger partial charge in [-0.1, -0.05) is 141 Å². The van der Waals surface area contributed by atoms with Crippen LogP contribution in [-0.2, 0) is 27.9 Å². The van der Waals surface area contributed by atoms with Crippen LogP contribution in [0.25, 0.3) is 0 Å². The van der Waals surface area contributed by atoms with Crippen molar-refractivity contribution in [1.82, 2.24) is 0 Å². The normalized spacial score (nSPS) is 14.1. The predicted molar refractivity (Wildman–Crippen MR) is 215 cm³/mol. The summed E-state index contributed by atoms with van der Waals surface area (Å²) in [7, 11) is 1.66. The predicted octanol–water partition coefficient (Wildman–Crippen LogP) is 12.0. The van der Waals surface area contributed by atoms with E-state index in [9.17, 15) is 14.3 Å². The largest absolute Gasteiger partial charge is 0.472 e. The summed E-state index contributed by atoms with van der Waals surface area (Å²) in [5, 5.41) is 0. The summed E-state index contributed by atoms with van der Waals surface area (Å²) in [6, 6.07) is 0. The number of hydrogen-bond acceptors (Lipinski definition) is 6. The Hall–Kier alpha value is -1.02. The van der Waals surface area contributed by atoms with E-state index in [4.69, 9.17) is 18.5 Å². The molecule has 0 radical (unpaired) electrons. The fourth-order valence-corrected chi connectivity index (χ4v) is 6.39. The lowest BCUT2D eigenvalue weighted by atomic mass is 10.1. The molecule has 8 nitrogen and oxygen atoms in total. The number of quaternary nitrogens is 1. The molecule has 0 amide bonds. The Balaban J connectivity index is 4.21. The number of likely N-dealkylation sites (N-methyl/N-ethyl adjacent to an activating group) is 1. The molecule has 0 heterocycles. The molecule has 0 aliphatic rings. The zero-order valence-electron chi connectivity index (χ0n) is 34.1. The number of hydrogen-bond donors (Lipinski definition) is 1. The minimum atomic E-state index is -4.27. The summed E-state index contributed by atoms with van der Waals surface area (Å²) in [6.45, 7) is 5.57. The Morgan fingerprint density at radius 2 is 1.04 bits per heavy atom. The molecule has 1 N–H and O–H groups in total. The molecule has 0 rings (SSSR count). The number of nitrogens with zero attached hydrogens (tertiary/aromatic N) is 1. The third-order valence-electron chi connectivity index (χ3n) is 8.99. The highest BCUT2D eigenvalue weighted by molar-refractivity contribution is 7.47. The van der Waals surface area contributed by atoms with Gasteiger partial charge in [0.05, 0.1) is 34.4 Å². The minimum Gasteiger partial charge on any atom is -0.457 e. The molecule has 0 spiro atoms. The zero-order valence-corrected chi connectivity index (χ0v) is 35.0. The van der Waals surface area contributed by atoms with E-state index in [1.54, 1.807) is 0 Å². The van der Waals surface area contributed by atoms with Crippen molar-refractivity contribution < 1.29 is 37.3 Å². The second-order valence-electron chi connectivity index (χ2n) is 15.4. The van der Waals surface area contributed by atoms with Crippen LogP contribution in [0.4, 0.5) is 0 Å². The van der Waals surface area contributed by atoms with Gasteiger partial charge >= 0.3 is 13.8 Å². The molecular weight excluding hydrogens is 661 g/mol. The lowest BCUT2D eigenvalue weighted by molar-refractivity contribution is -0.870. The Morgan fingerprint density at radius 3 is 1.55 bits per heavy atom. The maximum atomic E-state index is 12.6. The molecule has 0 aromatic heterocycles. The average molecular weight is 745 g/mol. The number of phosphoric ester groups is 1. The standard InChI is InChI=1S/C42H82NO7P/c1-6-8-10-12-14-16-18-19-20-21-22-23-24-26-28-30-32-34-37-47-39-41(40-49-51(45,46)48-38-36-43(3,4)5)50-42(44)35-33-31-29-27-25-17-15-13-11-9-7-2/h13,15,19-20,41H,6-12,14,16-18,21-40H2,1-5H3/p+1/b15-13-,20-19-. The fourth-order valence-electron chi connectivity index (χ4n) is 5.65. The average Bonchev–Trinajstić information content (AvgIpc) is 3.08. The number of carbonyl (C=O) groups is 1. The van der Waals surface area contributed by atoms with Crippen LogP contribution in [0, 0.1) is 0 Å². The molecular formula is C42H83NO7P+. The second-order valence-corrected chi connectivity index (χ2v) is 16.8. The summed E-state index contributed by atoms with van der Waals surface area (Å²) in [5.41, 5.74) is 0. The van der Waals surface area contributed by atoms with E-state index >= 15 is 0 Å². The number of allylic oxidation sites excluding steroid dienone is 4. The molecule has 302 valence electrons. The van der Waals surface area contributed by atoms with Gasteiger partial charge in [0.2, 0.25) is 0 Å². The van der Waals surface area contributed by atoms with Crippen molar-refractivity contribution in [1.29, 1.82) is 0 Å². The van der Waals surface area contributed by atoms with E-state index in [2.05, 4.69) is 38.2 Å². The Labute approximate surface area is 315 Å². The summed E-state index contributed by atoms with van der Waals surface area (Å²) >= 11 is 0. The van der Waals surface area contributed by atoms with E-state index in [1.807, 2.05) is 21.1 Å². The van der Waals surface area contributed by atoms with Gasteiger partial charge in [-0.25, -0.2) is 4.57 Å². The van der Waals surface area contributed by atoms with Gasteiger partial charge in [0.15, 0.2) is 0 Å². The van der Waals surface area contributed by atoms with Crippen LogP contribution in [0.1, 0.15) is 181 Å². The summed E-state index contributed by atoms with van der Waals surface area (Å²) < 4.78 is 34.9. The molecule has 9 heteroatoms. The third-order valence-corrected chi connectivity index (χ3v) is 9.97. The van der Waals surface area contributed by atoms with Crippen molar-refractivity contribution in [2.45, 2.75) is 187 Å². The van der Waals surface area contributed by atoms with Crippen LogP contribution in [0.15, 0.2) is 24.3 Å². The van der Waals surface area contributed by atoms with Crippen LogP contribution in [0.2, 0.25) is 0 Å². The number of esters is 1. The maximum absolute atomic E-state index is 12.6. The van der Waals surface area contributed by atoms with Gasteiger partial charge in [0.25, 0.3) is 0 Å². The number of ether oxygens (including phenoxy) is 2. The van der Waals surface area contributed by atoms with E-state index < -0.39 is 13.9 Å². The lowest BCUT2D eigenvalue weighted by Crippen LogP contribution is -2.37. The van der Waals surface area contributed by atoms with Gasteiger partial charge in [-0.3, -0.25) is 13.8 Å². The molecule has 0 fully saturated rings. The molecule has 0 saturated carbocycles. The van der Waals surface area contributed by atoms with Gasteiger partial charge in [0.1, 0.15) is 19.3 Å². The lowest BCUT2D eigenvalue weighted by Gasteiger charge is -2.24. The van der Waals surface area contributed by atoms with Gasteiger partial charge in [-0.15, -0.1) is 0 Å². The first-order valence-corrected chi connectivity index (χ1v) is 22.6. The SMILES string of the molecule is CCCC/C=C\CCCCCCCC(=O)OC(COCCCCCCCCCC/C=C\CCCCCCCC)COP(=O)(O)OCC[N+](C)(C)C. The molecule has 0 aromatic rings. The Kier molecular flexibility index (Phi) is 35.3. The number of unbranched alkanes of at least 4 members (excludes halogenated alkanes) is 21. The molecule has 2 atom stereocenters. The fraction of sp³-hybridized carbons (Fsp3) is 0.881. The van der Waals surface area contributed by atoms with E-state index in [0.717, 1.165) is 44.9 Å². The van der Waals surface area contributed by atoms with E-state index in [1.165, 1.54) is 116 Å². The summed E-state index contributed by atoms with van der Waals surface area (Å²) in [4.78, 5) is 22.8. The van der Waals surface area contributed by atoms with Crippen LogP contribution >= 0.6 is 7.82 Å². The van der Waals surface area contributed by atoms with Crippen molar-refractivity contribution >= 4 is 13.8 Å². The topological polar surface area (TPSA) is 91.3 Å². The summed E-state index contributed by atoms with van der Waals surface area (Å²) in [6.07, 6.45) is 39.2. The van der Waals surface area contributed by atoms with Gasteiger partial charge in [0, 0.05) is 13.0 Å². The van der Waals surface area contributed by atoms with Crippen molar-refractivity contribution in [2.24, 2.45) is 0 Å². The highest BCUT2D eigenvalue weighted by Crippen LogP contribution is 2.43. The van der Waals surface area contributed by atoms with E-state index in [-0.39, 0.29) is 25.8 Å². The first kappa shape index (κ1) is 50.0. The van der Waals surface area contributed by atoms with Gasteiger partial charge in [-0.2, -0.15) is 0 Å². The number of rotatable bonds is 39. The third kappa shape index (κ3) is 40.0. The molecule has 0 aliphatic heterocycles. The quantitative estimate of drug-likeness (QED) is 0.0220. The molecule has 2 unspecified atom stereocenters. The molecule has 0 aliphatic carbocycles. The molecule has 0 saturated heterocycles. The van der Waals surface area contributed by atoms with Crippen LogP contribution < -0.4 is 0 Å². The van der Waals surface area contributed by atoms with Crippen molar-refractivity contribution in [3.8, 4) is 0 Å². The van der Waals surface area contributed by atoms with Crippen molar-refractivity contribution in [3.63, 3.8) is 0 Å². The minimum absolute atomic E-state index is 0.0874. The maximum Gasteiger partial charge on any atom is 0.472 e. The van der Waals surface area contributed by atoms with Crippen LogP contribution in [-0.4, -0.2) is 75.6 Å². The molecule has 51 heavy (non-hydrogen) atoms. The van der Waals surface area contributed by atoms with Crippen molar-refractivity contribution in [2.75, 3.05) is 54.1 Å². The van der Waals surface area contributed by atoms with Crippen LogP contribution in [0.5, 0.6) is 0 Å².